The second-order valence-electron chi connectivity index (χ2n) is 8.80. The van der Waals surface area contributed by atoms with Crippen LogP contribution in [-0.2, 0) is 11.2 Å². The molecule has 0 aromatic heterocycles. The maximum atomic E-state index is 15.4. The Morgan fingerprint density at radius 3 is 2.58 bits per heavy atom. The molecule has 2 saturated carbocycles. The normalized spacial score (nSPS) is 25.8. The van der Waals surface area contributed by atoms with Crippen LogP contribution < -0.4 is 4.72 Å². The lowest BCUT2D eigenvalue weighted by atomic mass is 9.95. The molecule has 2 aromatic rings. The maximum absolute atomic E-state index is 15.4. The fraction of sp³-hybridized carbons (Fsp3) is 0.458. The van der Waals surface area contributed by atoms with E-state index >= 15 is 4.39 Å². The number of rotatable bonds is 7. The van der Waals surface area contributed by atoms with Crippen LogP contribution in [0.4, 0.5) is 13.2 Å². The predicted molar refractivity (Wildman–Crippen MR) is 116 cm³/mol. The van der Waals surface area contributed by atoms with Crippen LogP contribution in [0.25, 0.3) is 11.1 Å². The fourth-order valence-electron chi connectivity index (χ4n) is 4.28. The van der Waals surface area contributed by atoms with E-state index in [4.69, 9.17) is 0 Å². The van der Waals surface area contributed by atoms with E-state index in [0.29, 0.717) is 21.9 Å². The van der Waals surface area contributed by atoms with E-state index in [1.54, 1.807) is 35.2 Å². The number of carbonyl (C=O) groups excluding carboxylic acids is 1. The zero-order valence-electron chi connectivity index (χ0n) is 17.1. The molecule has 3 nitrogen and oxygen atoms in total. The molecule has 5 rings (SSSR count). The van der Waals surface area contributed by atoms with Gasteiger partial charge in [-0.25, -0.2) is 13.2 Å². The van der Waals surface area contributed by atoms with E-state index in [9.17, 15) is 13.6 Å². The molecule has 0 radical (unpaired) electrons. The Bertz CT molecular complexity index is 979. The van der Waals surface area contributed by atoms with Crippen molar-refractivity contribution >= 4 is 17.9 Å². The Morgan fingerprint density at radius 1 is 1.10 bits per heavy atom. The molecule has 1 amide bonds. The Kier molecular flexibility index (Phi) is 5.73. The highest BCUT2D eigenvalue weighted by atomic mass is 32.2. The van der Waals surface area contributed by atoms with Crippen molar-refractivity contribution in [2.75, 3.05) is 6.54 Å². The average molecular weight is 447 g/mol. The second kappa shape index (κ2) is 8.51. The molecule has 164 valence electrons. The molecule has 3 fully saturated rings. The predicted octanol–water partition coefficient (Wildman–Crippen LogP) is 4.90. The summed E-state index contributed by atoms with van der Waals surface area (Å²) >= 11 is 1.54. The van der Waals surface area contributed by atoms with Crippen molar-refractivity contribution in [3.05, 3.63) is 59.7 Å². The Morgan fingerprint density at radius 2 is 1.87 bits per heavy atom. The van der Waals surface area contributed by atoms with Crippen molar-refractivity contribution in [1.29, 1.82) is 0 Å². The fourth-order valence-corrected chi connectivity index (χ4v) is 5.31. The van der Waals surface area contributed by atoms with Crippen LogP contribution in [-0.4, -0.2) is 40.9 Å². The summed E-state index contributed by atoms with van der Waals surface area (Å²) in [5.74, 6) is -0.910. The lowest BCUT2D eigenvalue weighted by molar-refractivity contribution is -0.133. The van der Waals surface area contributed by atoms with Gasteiger partial charge in [0.05, 0.1) is 18.6 Å². The summed E-state index contributed by atoms with van der Waals surface area (Å²) in [6, 6.07) is 9.87. The van der Waals surface area contributed by atoms with Crippen LogP contribution >= 0.6 is 11.9 Å². The Labute approximate surface area is 184 Å². The first-order valence-electron chi connectivity index (χ1n) is 10.9. The van der Waals surface area contributed by atoms with E-state index in [2.05, 4.69) is 4.72 Å². The van der Waals surface area contributed by atoms with Gasteiger partial charge in [0.25, 0.3) is 0 Å². The highest BCUT2D eigenvalue weighted by Crippen LogP contribution is 2.38. The molecular weight excluding hydrogens is 421 g/mol. The van der Waals surface area contributed by atoms with Gasteiger partial charge in [-0.1, -0.05) is 42.3 Å². The molecule has 0 spiro atoms. The first kappa shape index (κ1) is 20.9. The minimum atomic E-state index is -1.19. The standard InChI is InChI=1S/C24H25F3N2OS/c25-17-5-1-3-15(11-17)19-6-2-4-16(22(19)27)12-21-23(28-31-18-9-10-18)20(26)13-29(21)24(30)14-7-8-14/h1-6,11,14,18,20-21,23,28H,7-10,12-13H2/t20-,21-,23-/m0/s1. The largest absolute Gasteiger partial charge is 0.334 e. The van der Waals surface area contributed by atoms with Crippen LogP contribution in [0.15, 0.2) is 42.5 Å². The van der Waals surface area contributed by atoms with Crippen molar-refractivity contribution in [3.8, 4) is 11.1 Å². The van der Waals surface area contributed by atoms with Gasteiger partial charge in [0, 0.05) is 16.7 Å². The first-order valence-corrected chi connectivity index (χ1v) is 11.8. The number of halogens is 3. The number of hydrogen-bond acceptors (Lipinski definition) is 3. The van der Waals surface area contributed by atoms with Crippen molar-refractivity contribution < 1.29 is 18.0 Å². The second-order valence-corrected chi connectivity index (χ2v) is 9.94. The van der Waals surface area contributed by atoms with Crippen LogP contribution in [0.1, 0.15) is 31.2 Å². The Hall–Kier alpha value is -1.99. The van der Waals surface area contributed by atoms with Crippen LogP contribution in [0, 0.1) is 17.6 Å². The number of carbonyl (C=O) groups is 1. The molecule has 1 saturated heterocycles. The monoisotopic (exact) mass is 446 g/mol. The smallest absolute Gasteiger partial charge is 0.226 e. The van der Waals surface area contributed by atoms with Crippen molar-refractivity contribution in [2.45, 2.75) is 55.6 Å². The van der Waals surface area contributed by atoms with Crippen molar-refractivity contribution in [2.24, 2.45) is 5.92 Å². The van der Waals surface area contributed by atoms with Crippen molar-refractivity contribution in [1.82, 2.24) is 9.62 Å². The quantitative estimate of drug-likeness (QED) is 0.614. The van der Waals surface area contributed by atoms with Gasteiger partial charge in [0.1, 0.15) is 17.8 Å². The summed E-state index contributed by atoms with van der Waals surface area (Å²) in [6.45, 7) is 0.0497. The average Bonchev–Trinajstić information content (AvgIpc) is 3.67. The van der Waals surface area contributed by atoms with Gasteiger partial charge in [0.2, 0.25) is 5.91 Å². The molecule has 7 heteroatoms. The van der Waals surface area contributed by atoms with Gasteiger partial charge in [-0.15, -0.1) is 0 Å². The summed E-state index contributed by atoms with van der Waals surface area (Å²) in [7, 11) is 0. The molecule has 31 heavy (non-hydrogen) atoms. The zero-order valence-corrected chi connectivity index (χ0v) is 17.9. The lowest BCUT2D eigenvalue weighted by Gasteiger charge is -2.29. The molecule has 1 N–H and O–H groups in total. The van der Waals surface area contributed by atoms with Gasteiger partial charge in [-0.3, -0.25) is 9.52 Å². The van der Waals surface area contributed by atoms with Gasteiger partial charge in [-0.05, 0) is 55.4 Å². The molecule has 3 aliphatic rings. The number of benzene rings is 2. The maximum Gasteiger partial charge on any atom is 0.226 e. The number of amides is 1. The van der Waals surface area contributed by atoms with Crippen LogP contribution in [0.3, 0.4) is 0 Å². The molecule has 2 aromatic carbocycles. The van der Waals surface area contributed by atoms with Gasteiger partial charge < -0.3 is 4.90 Å². The minimum Gasteiger partial charge on any atom is -0.334 e. The third-order valence-corrected chi connectivity index (χ3v) is 7.54. The number of nitrogens with zero attached hydrogens (tertiary/aromatic N) is 1. The Balaban J connectivity index is 1.43. The van der Waals surface area contributed by atoms with Crippen LogP contribution in [0.5, 0.6) is 0 Å². The minimum absolute atomic E-state index is 0.0185. The van der Waals surface area contributed by atoms with Gasteiger partial charge in [0.15, 0.2) is 0 Å². The highest BCUT2D eigenvalue weighted by Gasteiger charge is 2.48. The van der Waals surface area contributed by atoms with E-state index in [1.165, 1.54) is 24.1 Å². The van der Waals surface area contributed by atoms with E-state index in [-0.39, 0.29) is 24.8 Å². The third-order valence-electron chi connectivity index (χ3n) is 6.32. The zero-order chi connectivity index (χ0) is 21.5. The molecular formula is C24H25F3N2OS. The number of likely N-dealkylation sites (tertiary alicyclic amines) is 1. The third kappa shape index (κ3) is 4.48. The van der Waals surface area contributed by atoms with Crippen LogP contribution in [0.2, 0.25) is 0 Å². The van der Waals surface area contributed by atoms with Gasteiger partial charge in [-0.2, -0.15) is 0 Å². The molecule has 0 bridgehead atoms. The molecule has 1 heterocycles. The molecule has 3 atom stereocenters. The lowest BCUT2D eigenvalue weighted by Crippen LogP contribution is -2.46. The molecule has 2 aliphatic carbocycles. The molecule has 1 aliphatic heterocycles. The number of hydrogen-bond donors (Lipinski definition) is 1. The van der Waals surface area contributed by atoms with E-state index < -0.39 is 29.9 Å². The van der Waals surface area contributed by atoms with Crippen molar-refractivity contribution in [3.63, 3.8) is 0 Å². The topological polar surface area (TPSA) is 32.3 Å². The van der Waals surface area contributed by atoms with E-state index in [1.807, 2.05) is 0 Å². The highest BCUT2D eigenvalue weighted by molar-refractivity contribution is 7.98. The van der Waals surface area contributed by atoms with E-state index in [0.717, 1.165) is 25.7 Å². The first-order chi connectivity index (χ1) is 15.0. The summed E-state index contributed by atoms with van der Waals surface area (Å²) in [5, 5.41) is 0.495. The number of alkyl halides is 1. The summed E-state index contributed by atoms with van der Waals surface area (Å²) in [6.07, 6.45) is 2.95. The summed E-state index contributed by atoms with van der Waals surface area (Å²) in [5.41, 5.74) is 1.18. The summed E-state index contributed by atoms with van der Waals surface area (Å²) < 4.78 is 47.4. The SMILES string of the molecule is O=C(C1CC1)N1C[C@H](F)[C@H](NSC2CC2)[C@@H]1Cc1cccc(-c2cccc(F)c2)c1F. The summed E-state index contributed by atoms with van der Waals surface area (Å²) in [4.78, 5) is 14.5. The van der Waals surface area contributed by atoms with Gasteiger partial charge >= 0.3 is 0 Å². The molecule has 0 unspecified atom stereocenters. The number of nitrogens with one attached hydrogen (secondary N) is 1.